The first-order chi connectivity index (χ1) is 20.8. The minimum Gasteiger partial charge on any atom is -0.457 e. The molecule has 0 spiro atoms. The van der Waals surface area contributed by atoms with Crippen molar-refractivity contribution in [2.45, 2.75) is 120 Å². The van der Waals surface area contributed by atoms with Gasteiger partial charge in [-0.25, -0.2) is 19.2 Å². The normalized spacial score (nSPS) is 36.8. The predicted molar refractivity (Wildman–Crippen MR) is 146 cm³/mol. The summed E-state index contributed by atoms with van der Waals surface area (Å²) in [7, 11) is 0. The Kier molecular flexibility index (Phi) is 8.41. The number of carbonyl (C=O) groups excluding carboxylic acids is 5. The van der Waals surface area contributed by atoms with Crippen LogP contribution >= 0.6 is 0 Å². The van der Waals surface area contributed by atoms with Crippen molar-refractivity contribution >= 4 is 29.8 Å². The number of hydrogen-bond acceptors (Lipinski definition) is 10. The van der Waals surface area contributed by atoms with Gasteiger partial charge in [-0.3, -0.25) is 4.79 Å². The van der Waals surface area contributed by atoms with Crippen LogP contribution in [-0.4, -0.2) is 66.3 Å². The number of halogens is 2. The molecule has 8 saturated carbocycles. The highest BCUT2D eigenvalue weighted by molar-refractivity contribution is 5.84. The Hall–Kier alpha value is -2.79. The van der Waals surface area contributed by atoms with Crippen molar-refractivity contribution in [3.8, 4) is 0 Å². The summed E-state index contributed by atoms with van der Waals surface area (Å²) in [5, 5.41) is 0. The van der Waals surface area contributed by atoms with Gasteiger partial charge in [-0.1, -0.05) is 0 Å². The van der Waals surface area contributed by atoms with E-state index in [-0.39, 0.29) is 0 Å². The number of ether oxygens (including phenoxy) is 5. The molecule has 0 aromatic heterocycles. The van der Waals surface area contributed by atoms with E-state index in [0.29, 0.717) is 42.4 Å². The smallest absolute Gasteiger partial charge is 0.377 e. The predicted octanol–water partition coefficient (Wildman–Crippen LogP) is 4.44. The molecule has 0 N–H and O–H groups in total. The SMILES string of the molecule is CC(F)(F)C(=O)OC(CCC(=O)OCC(=O)OC12CC3CC(CC(C3)C1)C2)C(=O)OCC(=O)OC12CC3CC(CC(C3)C1)C2. The molecular weight excluding hydrogens is 582 g/mol. The average Bonchev–Trinajstić information content (AvgIpc) is 2.90. The van der Waals surface area contributed by atoms with E-state index in [0.717, 1.165) is 57.8 Å². The fraction of sp³-hybridized carbons (Fsp3) is 0.844. The lowest BCUT2D eigenvalue weighted by Crippen LogP contribution is -2.53. The van der Waals surface area contributed by atoms with Crippen molar-refractivity contribution in [3.63, 3.8) is 0 Å². The molecule has 8 rings (SSSR count). The molecule has 244 valence electrons. The second-order valence-electron chi connectivity index (χ2n) is 14.7. The van der Waals surface area contributed by atoms with Gasteiger partial charge in [0.1, 0.15) is 11.2 Å². The monoisotopic (exact) mass is 624 g/mol. The molecule has 0 radical (unpaired) electrons. The fourth-order valence-corrected chi connectivity index (χ4v) is 10.00. The van der Waals surface area contributed by atoms with Crippen LogP contribution in [0.2, 0.25) is 0 Å². The molecule has 10 nitrogen and oxygen atoms in total. The molecule has 12 heteroatoms. The molecule has 0 aromatic rings. The van der Waals surface area contributed by atoms with Crippen LogP contribution in [-0.2, 0) is 47.7 Å². The van der Waals surface area contributed by atoms with Gasteiger partial charge in [0.25, 0.3) is 0 Å². The van der Waals surface area contributed by atoms with Gasteiger partial charge in [-0.2, -0.15) is 8.78 Å². The van der Waals surface area contributed by atoms with Crippen molar-refractivity contribution < 1.29 is 56.4 Å². The summed E-state index contributed by atoms with van der Waals surface area (Å²) in [5.41, 5.74) is -1.06. The molecule has 0 heterocycles. The van der Waals surface area contributed by atoms with E-state index < -0.39 is 79.1 Å². The van der Waals surface area contributed by atoms with Gasteiger partial charge in [0.05, 0.1) is 0 Å². The van der Waals surface area contributed by atoms with Crippen LogP contribution in [0.3, 0.4) is 0 Å². The Morgan fingerprint density at radius 1 is 0.659 bits per heavy atom. The number of esters is 5. The minimum absolute atomic E-state index is 0.310. The van der Waals surface area contributed by atoms with Crippen LogP contribution in [0.4, 0.5) is 8.78 Å². The van der Waals surface area contributed by atoms with Gasteiger partial charge >= 0.3 is 35.8 Å². The quantitative estimate of drug-likeness (QED) is 0.227. The minimum atomic E-state index is -3.91. The van der Waals surface area contributed by atoms with Crippen LogP contribution in [0.1, 0.15) is 96.8 Å². The maximum absolute atomic E-state index is 13.5. The third kappa shape index (κ3) is 7.03. The second-order valence-corrected chi connectivity index (χ2v) is 14.7. The molecule has 1 unspecified atom stereocenters. The van der Waals surface area contributed by atoms with Gasteiger partial charge in [0.15, 0.2) is 19.3 Å². The second kappa shape index (κ2) is 11.9. The summed E-state index contributed by atoms with van der Waals surface area (Å²) in [5.74, 6) is -6.24. The maximum atomic E-state index is 13.5. The van der Waals surface area contributed by atoms with Crippen LogP contribution < -0.4 is 0 Å². The number of carbonyl (C=O) groups is 5. The summed E-state index contributed by atoms with van der Waals surface area (Å²) >= 11 is 0. The molecule has 1 atom stereocenters. The molecular formula is C32H42F2O10. The van der Waals surface area contributed by atoms with E-state index >= 15 is 0 Å². The largest absolute Gasteiger partial charge is 0.457 e. The van der Waals surface area contributed by atoms with E-state index in [2.05, 4.69) is 4.74 Å². The third-order valence-corrected chi connectivity index (χ3v) is 10.8. The molecule has 0 saturated heterocycles. The van der Waals surface area contributed by atoms with E-state index in [9.17, 15) is 32.8 Å². The molecule has 8 fully saturated rings. The zero-order valence-corrected chi connectivity index (χ0v) is 25.2. The van der Waals surface area contributed by atoms with E-state index in [4.69, 9.17) is 18.9 Å². The Bertz CT molecular complexity index is 1110. The van der Waals surface area contributed by atoms with Crippen molar-refractivity contribution in [1.29, 1.82) is 0 Å². The molecule has 0 amide bonds. The lowest BCUT2D eigenvalue weighted by molar-refractivity contribution is -0.196. The maximum Gasteiger partial charge on any atom is 0.377 e. The summed E-state index contributed by atoms with van der Waals surface area (Å²) in [6.07, 6.45) is 8.79. The van der Waals surface area contributed by atoms with Crippen molar-refractivity contribution in [2.24, 2.45) is 35.5 Å². The first kappa shape index (κ1) is 31.2. The number of hydrogen-bond donors (Lipinski definition) is 0. The van der Waals surface area contributed by atoms with Crippen LogP contribution in [0.25, 0.3) is 0 Å². The number of rotatable bonds is 12. The summed E-state index contributed by atoms with van der Waals surface area (Å²) < 4.78 is 53.4. The molecule has 8 aliphatic carbocycles. The fourth-order valence-electron chi connectivity index (χ4n) is 10.00. The highest BCUT2D eigenvalue weighted by Gasteiger charge is 2.54. The summed E-state index contributed by atoms with van der Waals surface area (Å²) in [4.78, 5) is 62.1. The zero-order chi connectivity index (χ0) is 31.3. The van der Waals surface area contributed by atoms with Crippen molar-refractivity contribution in [3.05, 3.63) is 0 Å². The molecule has 8 bridgehead atoms. The first-order valence-electron chi connectivity index (χ1n) is 16.1. The highest BCUT2D eigenvalue weighted by atomic mass is 19.3. The van der Waals surface area contributed by atoms with Gasteiger partial charge < -0.3 is 23.7 Å². The van der Waals surface area contributed by atoms with E-state index in [1.165, 1.54) is 19.3 Å². The molecule has 0 aliphatic heterocycles. The van der Waals surface area contributed by atoms with Crippen molar-refractivity contribution in [2.75, 3.05) is 13.2 Å². The van der Waals surface area contributed by atoms with Crippen LogP contribution in [0.5, 0.6) is 0 Å². The lowest BCUT2D eigenvalue weighted by atomic mass is 9.54. The molecule has 0 aromatic carbocycles. The molecule has 44 heavy (non-hydrogen) atoms. The topological polar surface area (TPSA) is 132 Å². The van der Waals surface area contributed by atoms with Crippen molar-refractivity contribution in [1.82, 2.24) is 0 Å². The molecule has 8 aliphatic rings. The average molecular weight is 625 g/mol. The summed E-state index contributed by atoms with van der Waals surface area (Å²) in [6, 6.07) is 0. The Morgan fingerprint density at radius 3 is 1.43 bits per heavy atom. The van der Waals surface area contributed by atoms with Crippen LogP contribution in [0, 0.1) is 35.5 Å². The van der Waals surface area contributed by atoms with Gasteiger partial charge in [-0.05, 0) is 113 Å². The van der Waals surface area contributed by atoms with Gasteiger partial charge in [0.2, 0.25) is 0 Å². The zero-order valence-electron chi connectivity index (χ0n) is 25.2. The van der Waals surface area contributed by atoms with Gasteiger partial charge in [-0.15, -0.1) is 0 Å². The Balaban J connectivity index is 0.965. The van der Waals surface area contributed by atoms with E-state index in [1.807, 2.05) is 0 Å². The van der Waals surface area contributed by atoms with Crippen LogP contribution in [0.15, 0.2) is 0 Å². The van der Waals surface area contributed by atoms with E-state index in [1.54, 1.807) is 0 Å². The van der Waals surface area contributed by atoms with Gasteiger partial charge in [0, 0.05) is 19.8 Å². The summed E-state index contributed by atoms with van der Waals surface area (Å²) in [6.45, 7) is -1.10. The first-order valence-corrected chi connectivity index (χ1v) is 16.1. The Labute approximate surface area is 255 Å². The lowest BCUT2D eigenvalue weighted by Gasteiger charge is -2.55. The standard InChI is InChI=1S/C32H42F2O10/c1-30(33,34)29(39)42-24(28(38)41-17-27(37)44-32-13-21-7-22(14-32)9-23(8-21)15-32)2-3-25(35)40-16-26(36)43-31-10-18-4-19(11-31)6-20(5-18)12-31/h18-24H,2-17H2,1H3. The highest BCUT2D eigenvalue weighted by Crippen LogP contribution is 2.58. The third-order valence-electron chi connectivity index (χ3n) is 10.8. The number of alkyl halides is 2. The Morgan fingerprint density at radius 2 is 1.05 bits per heavy atom.